The molecule has 0 bridgehead atoms. The van der Waals surface area contributed by atoms with Crippen LogP contribution in [0.3, 0.4) is 0 Å². The third-order valence-corrected chi connectivity index (χ3v) is 4.10. The van der Waals surface area contributed by atoms with E-state index in [2.05, 4.69) is 5.32 Å². The maximum absolute atomic E-state index is 13.8. The zero-order chi connectivity index (χ0) is 17.8. The van der Waals surface area contributed by atoms with E-state index < -0.39 is 4.92 Å². The fourth-order valence-electron chi connectivity index (χ4n) is 2.65. The van der Waals surface area contributed by atoms with Gasteiger partial charge >= 0.3 is 0 Å². The first kappa shape index (κ1) is 17.0. The number of nitrogens with one attached hydrogen (secondary N) is 1. The Hall–Kier alpha value is -2.80. The van der Waals surface area contributed by atoms with Gasteiger partial charge in [0.15, 0.2) is 0 Å². The molecule has 0 aliphatic heterocycles. The van der Waals surface area contributed by atoms with E-state index in [9.17, 15) is 19.3 Å². The van der Waals surface area contributed by atoms with Gasteiger partial charge in [-0.1, -0.05) is 18.2 Å². The molecule has 0 spiro atoms. The van der Waals surface area contributed by atoms with E-state index in [1.807, 2.05) is 4.90 Å². The topological polar surface area (TPSA) is 75.5 Å². The van der Waals surface area contributed by atoms with Crippen molar-refractivity contribution in [3.8, 4) is 0 Å². The molecule has 6 nitrogen and oxygen atoms in total. The number of anilines is 1. The Kier molecular flexibility index (Phi) is 5.04. The molecule has 1 aliphatic carbocycles. The molecule has 0 saturated heterocycles. The molecule has 1 saturated carbocycles. The average molecular weight is 343 g/mol. The highest BCUT2D eigenvalue weighted by molar-refractivity contribution is 5.92. The summed E-state index contributed by atoms with van der Waals surface area (Å²) in [6.07, 6.45) is 2.00. The number of non-ortho nitro benzene ring substituents is 1. The third-order valence-electron chi connectivity index (χ3n) is 4.10. The second-order valence-electron chi connectivity index (χ2n) is 6.08. The van der Waals surface area contributed by atoms with Crippen LogP contribution in [0.5, 0.6) is 0 Å². The van der Waals surface area contributed by atoms with Crippen molar-refractivity contribution in [3.05, 3.63) is 70.0 Å². The van der Waals surface area contributed by atoms with Crippen LogP contribution >= 0.6 is 0 Å². The van der Waals surface area contributed by atoms with Gasteiger partial charge in [-0.2, -0.15) is 0 Å². The number of nitro groups is 1. The fraction of sp³-hybridized carbons (Fsp3) is 0.278. The van der Waals surface area contributed by atoms with E-state index in [1.165, 1.54) is 30.3 Å². The number of amides is 1. The lowest BCUT2D eigenvalue weighted by atomic mass is 10.2. The molecule has 0 unspecified atom stereocenters. The van der Waals surface area contributed by atoms with Crippen LogP contribution in [-0.2, 0) is 11.3 Å². The van der Waals surface area contributed by atoms with Crippen molar-refractivity contribution >= 4 is 17.3 Å². The number of hydrogen-bond donors (Lipinski definition) is 1. The van der Waals surface area contributed by atoms with Gasteiger partial charge in [-0.3, -0.25) is 19.8 Å². The van der Waals surface area contributed by atoms with Crippen molar-refractivity contribution in [2.24, 2.45) is 0 Å². The van der Waals surface area contributed by atoms with Crippen molar-refractivity contribution in [2.75, 3.05) is 11.9 Å². The van der Waals surface area contributed by atoms with Gasteiger partial charge in [0.2, 0.25) is 5.91 Å². The molecule has 7 heteroatoms. The van der Waals surface area contributed by atoms with Crippen LogP contribution in [0.4, 0.5) is 15.8 Å². The maximum atomic E-state index is 13.8. The number of nitro benzene ring substituents is 1. The molecule has 1 aliphatic rings. The van der Waals surface area contributed by atoms with Crippen molar-refractivity contribution in [1.82, 2.24) is 4.90 Å². The number of rotatable bonds is 7. The van der Waals surface area contributed by atoms with Crippen molar-refractivity contribution in [1.29, 1.82) is 0 Å². The van der Waals surface area contributed by atoms with Crippen LogP contribution in [0.2, 0.25) is 0 Å². The second kappa shape index (κ2) is 7.40. The van der Waals surface area contributed by atoms with Crippen LogP contribution in [0.1, 0.15) is 18.4 Å². The van der Waals surface area contributed by atoms with E-state index in [0.717, 1.165) is 12.8 Å². The largest absolute Gasteiger partial charge is 0.325 e. The summed E-state index contributed by atoms with van der Waals surface area (Å²) in [6.45, 7) is 0.529. The molecule has 3 rings (SSSR count). The Morgan fingerprint density at radius 3 is 2.48 bits per heavy atom. The highest BCUT2D eigenvalue weighted by Gasteiger charge is 2.30. The molecule has 0 aromatic heterocycles. The lowest BCUT2D eigenvalue weighted by Gasteiger charge is -2.21. The molecule has 0 atom stereocenters. The highest BCUT2D eigenvalue weighted by Crippen LogP contribution is 2.28. The lowest BCUT2D eigenvalue weighted by molar-refractivity contribution is -0.384. The summed E-state index contributed by atoms with van der Waals surface area (Å²) in [4.78, 5) is 24.4. The van der Waals surface area contributed by atoms with Crippen LogP contribution in [-0.4, -0.2) is 28.3 Å². The quantitative estimate of drug-likeness (QED) is 0.618. The second-order valence-corrected chi connectivity index (χ2v) is 6.08. The van der Waals surface area contributed by atoms with Gasteiger partial charge in [0.1, 0.15) is 5.82 Å². The average Bonchev–Trinajstić information content (AvgIpc) is 3.41. The predicted octanol–water partition coefficient (Wildman–Crippen LogP) is 3.34. The third kappa shape index (κ3) is 4.60. The van der Waals surface area contributed by atoms with E-state index in [4.69, 9.17) is 0 Å². The summed E-state index contributed by atoms with van der Waals surface area (Å²) in [5, 5.41) is 13.4. The molecular formula is C18H18FN3O3. The van der Waals surface area contributed by atoms with Crippen molar-refractivity contribution < 1.29 is 14.1 Å². The SMILES string of the molecule is O=C(CN(Cc1ccccc1F)C1CC1)Nc1ccc([N+](=O)[O-])cc1. The van der Waals surface area contributed by atoms with Gasteiger partial charge in [-0.25, -0.2) is 4.39 Å². The van der Waals surface area contributed by atoms with Gasteiger partial charge in [0.05, 0.1) is 11.5 Å². The molecule has 0 heterocycles. The monoisotopic (exact) mass is 343 g/mol. The summed E-state index contributed by atoms with van der Waals surface area (Å²) in [5.74, 6) is -0.499. The minimum absolute atomic E-state index is 0.0304. The molecule has 2 aromatic carbocycles. The Labute approximate surface area is 144 Å². The predicted molar refractivity (Wildman–Crippen MR) is 91.6 cm³/mol. The van der Waals surface area contributed by atoms with Crippen LogP contribution < -0.4 is 5.32 Å². The highest BCUT2D eigenvalue weighted by atomic mass is 19.1. The van der Waals surface area contributed by atoms with E-state index in [0.29, 0.717) is 23.8 Å². The zero-order valence-electron chi connectivity index (χ0n) is 13.5. The fourth-order valence-corrected chi connectivity index (χ4v) is 2.65. The molecule has 1 N–H and O–H groups in total. The number of nitrogens with zero attached hydrogens (tertiary/aromatic N) is 2. The van der Waals surface area contributed by atoms with E-state index in [-0.39, 0.29) is 24.0 Å². The summed E-state index contributed by atoms with van der Waals surface area (Å²) < 4.78 is 13.8. The zero-order valence-corrected chi connectivity index (χ0v) is 13.5. The van der Waals surface area contributed by atoms with Gasteiger partial charge in [-0.15, -0.1) is 0 Å². The van der Waals surface area contributed by atoms with Crippen molar-refractivity contribution in [2.45, 2.75) is 25.4 Å². The first-order chi connectivity index (χ1) is 12.0. The van der Waals surface area contributed by atoms with Gasteiger partial charge < -0.3 is 5.32 Å². The van der Waals surface area contributed by atoms with Gasteiger partial charge in [-0.05, 0) is 31.0 Å². The molecule has 1 amide bonds. The van der Waals surface area contributed by atoms with Gasteiger partial charge in [0.25, 0.3) is 5.69 Å². The Balaban J connectivity index is 1.61. The Morgan fingerprint density at radius 2 is 1.88 bits per heavy atom. The molecule has 0 radical (unpaired) electrons. The van der Waals surface area contributed by atoms with Crippen LogP contribution in [0, 0.1) is 15.9 Å². The number of carbonyl (C=O) groups is 1. The Morgan fingerprint density at radius 1 is 1.20 bits per heavy atom. The molecule has 1 fully saturated rings. The first-order valence-electron chi connectivity index (χ1n) is 8.04. The summed E-state index contributed by atoms with van der Waals surface area (Å²) in [5.41, 5.74) is 1.03. The summed E-state index contributed by atoms with van der Waals surface area (Å²) >= 11 is 0. The van der Waals surface area contributed by atoms with Gasteiger partial charge in [0, 0.05) is 36.0 Å². The number of benzene rings is 2. The molecule has 130 valence electrons. The lowest BCUT2D eigenvalue weighted by Crippen LogP contribution is -2.34. The van der Waals surface area contributed by atoms with E-state index in [1.54, 1.807) is 18.2 Å². The standard InChI is InChI=1S/C18H18FN3O3/c19-17-4-2-1-3-13(17)11-21(15-9-10-15)12-18(23)20-14-5-7-16(8-6-14)22(24)25/h1-8,15H,9-12H2,(H,20,23). The normalized spacial score (nSPS) is 13.7. The van der Waals surface area contributed by atoms with Crippen molar-refractivity contribution in [3.63, 3.8) is 0 Å². The smallest absolute Gasteiger partial charge is 0.269 e. The molecule has 25 heavy (non-hydrogen) atoms. The summed E-state index contributed by atoms with van der Waals surface area (Å²) in [6, 6.07) is 12.5. The number of carbonyl (C=O) groups excluding carboxylic acids is 1. The maximum Gasteiger partial charge on any atom is 0.269 e. The Bertz CT molecular complexity index is 775. The first-order valence-corrected chi connectivity index (χ1v) is 8.04. The number of halogens is 1. The molecule has 2 aromatic rings. The minimum Gasteiger partial charge on any atom is -0.325 e. The van der Waals surface area contributed by atoms with Crippen LogP contribution in [0.15, 0.2) is 48.5 Å². The van der Waals surface area contributed by atoms with Crippen LogP contribution in [0.25, 0.3) is 0 Å². The number of hydrogen-bond acceptors (Lipinski definition) is 4. The van der Waals surface area contributed by atoms with E-state index >= 15 is 0 Å². The molecular weight excluding hydrogens is 325 g/mol. The minimum atomic E-state index is -0.491. The summed E-state index contributed by atoms with van der Waals surface area (Å²) in [7, 11) is 0.